The molecule has 188 valence electrons. The van der Waals surface area contributed by atoms with Crippen LogP contribution >= 0.6 is 11.8 Å². The highest BCUT2D eigenvalue weighted by atomic mass is 32.2. The van der Waals surface area contributed by atoms with E-state index >= 15 is 0 Å². The van der Waals surface area contributed by atoms with Gasteiger partial charge in [-0.1, -0.05) is 36.0 Å². The molecule has 8 nitrogen and oxygen atoms in total. The van der Waals surface area contributed by atoms with Gasteiger partial charge < -0.3 is 24.1 Å². The maximum atomic E-state index is 12.6. The van der Waals surface area contributed by atoms with Gasteiger partial charge in [-0.25, -0.2) is 0 Å². The summed E-state index contributed by atoms with van der Waals surface area (Å²) in [6.45, 7) is 5.71. The van der Waals surface area contributed by atoms with Crippen LogP contribution in [0.25, 0.3) is 0 Å². The Kier molecular flexibility index (Phi) is 8.49. The molecule has 0 aliphatic carbocycles. The van der Waals surface area contributed by atoms with Crippen molar-refractivity contribution in [2.24, 2.45) is 0 Å². The van der Waals surface area contributed by atoms with Crippen molar-refractivity contribution in [3.05, 3.63) is 54.4 Å². The third kappa shape index (κ3) is 7.04. The lowest BCUT2D eigenvalue weighted by Crippen LogP contribution is -2.20. The number of rotatable bonds is 10. The fourth-order valence-corrected chi connectivity index (χ4v) is 4.08. The van der Waals surface area contributed by atoms with Crippen LogP contribution in [0.15, 0.2) is 53.7 Å². The molecule has 0 aliphatic heterocycles. The number of para-hydroxylation sites is 4. The van der Waals surface area contributed by atoms with Crippen molar-refractivity contribution < 1.29 is 32.2 Å². The summed E-state index contributed by atoms with van der Waals surface area (Å²) in [6, 6.07) is 12.5. The van der Waals surface area contributed by atoms with E-state index in [4.69, 9.17) is 9.47 Å². The number of benzene rings is 2. The van der Waals surface area contributed by atoms with E-state index in [2.05, 4.69) is 20.3 Å². The molecule has 1 atom stereocenters. The van der Waals surface area contributed by atoms with Gasteiger partial charge in [0.25, 0.3) is 0 Å². The number of amides is 1. The van der Waals surface area contributed by atoms with E-state index in [9.17, 15) is 18.0 Å². The maximum absolute atomic E-state index is 12.6. The molecule has 12 heteroatoms. The molecule has 1 unspecified atom stereocenters. The summed E-state index contributed by atoms with van der Waals surface area (Å²) in [4.78, 5) is 12.5. The highest BCUT2D eigenvalue weighted by molar-refractivity contribution is 7.99. The fraction of sp³-hybridized carbons (Fsp3) is 0.348. The van der Waals surface area contributed by atoms with E-state index in [1.54, 1.807) is 19.2 Å². The van der Waals surface area contributed by atoms with Crippen molar-refractivity contribution in [2.45, 2.75) is 44.4 Å². The number of halogens is 3. The molecule has 0 fully saturated rings. The van der Waals surface area contributed by atoms with Crippen LogP contribution in [-0.4, -0.2) is 39.9 Å². The molecule has 0 bridgehead atoms. The molecule has 1 aromatic heterocycles. The lowest BCUT2D eigenvalue weighted by molar-refractivity contribution is -0.274. The quantitative estimate of drug-likeness (QED) is 0.353. The molecule has 0 saturated carbocycles. The Morgan fingerprint density at radius 1 is 1.03 bits per heavy atom. The van der Waals surface area contributed by atoms with Crippen LogP contribution in [0.3, 0.4) is 0 Å². The highest BCUT2D eigenvalue weighted by Crippen LogP contribution is 2.33. The first-order valence-electron chi connectivity index (χ1n) is 10.6. The summed E-state index contributed by atoms with van der Waals surface area (Å²) in [7, 11) is 1.55. The second-order valence-electron chi connectivity index (χ2n) is 7.60. The zero-order valence-electron chi connectivity index (χ0n) is 19.5. The Morgan fingerprint density at radius 3 is 2.29 bits per heavy atom. The summed E-state index contributed by atoms with van der Waals surface area (Å²) >= 11 is 1.11. The van der Waals surface area contributed by atoms with Crippen molar-refractivity contribution >= 4 is 23.4 Å². The van der Waals surface area contributed by atoms with Crippen LogP contribution in [0.4, 0.5) is 18.9 Å². The second kappa shape index (κ2) is 11.3. The summed E-state index contributed by atoms with van der Waals surface area (Å²) in [5.41, 5.74) is -0.0831. The first-order chi connectivity index (χ1) is 16.6. The number of hydrogen-bond donors (Lipinski definition) is 1. The van der Waals surface area contributed by atoms with Crippen LogP contribution in [0.5, 0.6) is 17.2 Å². The van der Waals surface area contributed by atoms with Gasteiger partial charge >= 0.3 is 6.36 Å². The monoisotopic (exact) mass is 510 g/mol. The predicted molar refractivity (Wildman–Crippen MR) is 125 cm³/mol. The topological polar surface area (TPSA) is 87.5 Å². The number of ether oxygens (including phenoxy) is 3. The molecular formula is C23H25F3N4O4S. The van der Waals surface area contributed by atoms with Crippen LogP contribution in [0, 0.1) is 0 Å². The summed E-state index contributed by atoms with van der Waals surface area (Å²) in [5.74, 6) is 0.565. The number of carbonyl (C=O) groups excluding carboxylic acids is 1. The van der Waals surface area contributed by atoms with Gasteiger partial charge in [-0.15, -0.1) is 23.4 Å². The van der Waals surface area contributed by atoms with Crippen molar-refractivity contribution in [3.63, 3.8) is 0 Å². The van der Waals surface area contributed by atoms with Gasteiger partial charge in [0.15, 0.2) is 34.3 Å². The van der Waals surface area contributed by atoms with Crippen LogP contribution in [-0.2, 0) is 4.79 Å². The average Bonchev–Trinajstić information content (AvgIpc) is 3.23. The molecule has 1 amide bonds. The van der Waals surface area contributed by atoms with Crippen molar-refractivity contribution in [3.8, 4) is 17.2 Å². The SMILES string of the molecule is COc1ccccc1OC(C)c1nnc(SCC(=O)Nc2ccccc2OC(F)(F)F)n1C(C)C. The van der Waals surface area contributed by atoms with E-state index in [1.807, 2.05) is 37.5 Å². The van der Waals surface area contributed by atoms with Crippen LogP contribution < -0.4 is 19.5 Å². The molecule has 1 heterocycles. The highest BCUT2D eigenvalue weighted by Gasteiger charge is 2.32. The molecule has 2 aromatic carbocycles. The Labute approximate surface area is 204 Å². The van der Waals surface area contributed by atoms with Gasteiger partial charge in [0.1, 0.15) is 0 Å². The van der Waals surface area contributed by atoms with Crippen molar-refractivity contribution in [1.82, 2.24) is 14.8 Å². The number of alkyl halides is 3. The van der Waals surface area contributed by atoms with E-state index in [0.717, 1.165) is 17.8 Å². The summed E-state index contributed by atoms with van der Waals surface area (Å²) < 4.78 is 55.0. The standard InChI is InChI=1S/C23H25F3N4O4S/c1-14(2)30-21(15(3)33-19-12-8-7-11-18(19)32-4)28-29-22(30)35-13-20(31)27-16-9-5-6-10-17(16)34-23(24,25)26/h5-12,14-15H,13H2,1-4H3,(H,27,31). The minimum atomic E-state index is -4.87. The number of nitrogens with one attached hydrogen (secondary N) is 1. The number of hydrogen-bond acceptors (Lipinski definition) is 7. The smallest absolute Gasteiger partial charge is 0.493 e. The third-order valence-electron chi connectivity index (χ3n) is 4.66. The van der Waals surface area contributed by atoms with Gasteiger partial charge in [0, 0.05) is 6.04 Å². The van der Waals surface area contributed by atoms with E-state index < -0.39 is 24.1 Å². The lowest BCUT2D eigenvalue weighted by Gasteiger charge is -2.19. The molecule has 0 saturated heterocycles. The first kappa shape index (κ1) is 26.2. The molecule has 3 rings (SSSR count). The molecule has 35 heavy (non-hydrogen) atoms. The largest absolute Gasteiger partial charge is 0.573 e. The van der Waals surface area contributed by atoms with E-state index in [1.165, 1.54) is 18.2 Å². The number of anilines is 1. The molecule has 0 spiro atoms. The fourth-order valence-electron chi connectivity index (χ4n) is 3.21. The molecule has 1 N–H and O–H groups in total. The number of thioether (sulfide) groups is 1. The normalized spacial score (nSPS) is 12.3. The lowest BCUT2D eigenvalue weighted by atomic mass is 10.3. The van der Waals surface area contributed by atoms with Crippen LogP contribution in [0.2, 0.25) is 0 Å². The summed E-state index contributed by atoms with van der Waals surface area (Å²) in [5, 5.41) is 11.4. The van der Waals surface area contributed by atoms with Gasteiger partial charge in [-0.2, -0.15) is 0 Å². The predicted octanol–water partition coefficient (Wildman–Crippen LogP) is 5.64. The molecular weight excluding hydrogens is 485 g/mol. The maximum Gasteiger partial charge on any atom is 0.573 e. The zero-order chi connectivity index (χ0) is 25.6. The Balaban J connectivity index is 1.70. The van der Waals surface area contributed by atoms with E-state index in [0.29, 0.717) is 22.5 Å². The molecule has 0 radical (unpaired) electrons. The van der Waals surface area contributed by atoms with E-state index in [-0.39, 0.29) is 17.5 Å². The Morgan fingerprint density at radius 2 is 1.66 bits per heavy atom. The second-order valence-corrected chi connectivity index (χ2v) is 8.54. The van der Waals surface area contributed by atoms with Crippen molar-refractivity contribution in [1.29, 1.82) is 0 Å². The first-order valence-corrected chi connectivity index (χ1v) is 11.6. The molecule has 0 aliphatic rings. The molecule has 3 aromatic rings. The number of methoxy groups -OCH3 is 1. The third-order valence-corrected chi connectivity index (χ3v) is 5.61. The van der Waals surface area contributed by atoms with Gasteiger partial charge in [-0.05, 0) is 45.0 Å². The number of aromatic nitrogens is 3. The minimum Gasteiger partial charge on any atom is -0.493 e. The zero-order valence-corrected chi connectivity index (χ0v) is 20.3. The van der Waals surface area contributed by atoms with Gasteiger partial charge in [-0.3, -0.25) is 4.79 Å². The summed E-state index contributed by atoms with van der Waals surface area (Å²) in [6.07, 6.45) is -5.35. The van der Waals surface area contributed by atoms with Crippen molar-refractivity contribution in [2.75, 3.05) is 18.2 Å². The number of carbonyl (C=O) groups is 1. The minimum absolute atomic E-state index is 0.0461. The van der Waals surface area contributed by atoms with Gasteiger partial charge in [0.2, 0.25) is 5.91 Å². The van der Waals surface area contributed by atoms with Crippen LogP contribution in [0.1, 0.15) is 38.7 Å². The average molecular weight is 511 g/mol. The Hall–Kier alpha value is -3.41. The number of nitrogens with zero attached hydrogens (tertiary/aromatic N) is 3. The Bertz CT molecular complexity index is 1150. The van der Waals surface area contributed by atoms with Gasteiger partial charge in [0.05, 0.1) is 18.6 Å².